The van der Waals surface area contributed by atoms with Crippen LogP contribution >= 0.6 is 0 Å². The molecule has 0 aromatic heterocycles. The van der Waals surface area contributed by atoms with Crippen LogP contribution < -0.4 is 0 Å². The number of nitrogens with zero attached hydrogens (tertiary/aromatic N) is 2. The SMILES string of the molecule is [C]1CN(C2CCCCC2)C=N1. The van der Waals surface area contributed by atoms with Crippen LogP contribution in [0.25, 0.3) is 0 Å². The highest BCUT2D eigenvalue weighted by Gasteiger charge is 2.20. The third-order valence-electron chi connectivity index (χ3n) is 2.59. The molecule has 11 heavy (non-hydrogen) atoms. The molecule has 1 heterocycles. The highest BCUT2D eigenvalue weighted by molar-refractivity contribution is 5.58. The van der Waals surface area contributed by atoms with Gasteiger partial charge in [0.05, 0.1) is 6.34 Å². The Balaban J connectivity index is 1.87. The molecule has 1 aliphatic heterocycles. The van der Waals surface area contributed by atoms with E-state index in [2.05, 4.69) is 16.4 Å². The van der Waals surface area contributed by atoms with Gasteiger partial charge in [-0.15, -0.1) is 0 Å². The molecule has 0 saturated heterocycles. The molecular weight excluding hydrogens is 136 g/mol. The van der Waals surface area contributed by atoms with Crippen LogP contribution in [-0.2, 0) is 0 Å². The van der Waals surface area contributed by atoms with Gasteiger partial charge in [-0.3, -0.25) is 4.99 Å². The lowest BCUT2D eigenvalue weighted by Gasteiger charge is -2.29. The first kappa shape index (κ1) is 7.14. The van der Waals surface area contributed by atoms with Gasteiger partial charge in [-0.25, -0.2) is 0 Å². The molecule has 0 unspecified atom stereocenters. The minimum atomic E-state index is 0.766. The van der Waals surface area contributed by atoms with Crippen molar-refractivity contribution in [1.82, 2.24) is 4.90 Å². The first-order valence-electron chi connectivity index (χ1n) is 4.48. The maximum Gasteiger partial charge on any atom is 0.139 e. The topological polar surface area (TPSA) is 15.6 Å². The zero-order valence-electron chi connectivity index (χ0n) is 6.79. The standard InChI is InChI=1S/C9H14N2/c1-2-4-9(5-3-1)11-7-6-10-8-11/h8-9H,1-5,7H2. The zero-order chi connectivity index (χ0) is 7.52. The van der Waals surface area contributed by atoms with E-state index >= 15 is 0 Å². The second-order valence-corrected chi connectivity index (χ2v) is 3.37. The highest BCUT2D eigenvalue weighted by atomic mass is 15.2. The van der Waals surface area contributed by atoms with Crippen LogP contribution in [0.2, 0.25) is 0 Å². The Morgan fingerprint density at radius 3 is 2.73 bits per heavy atom. The average Bonchev–Trinajstić information content (AvgIpc) is 2.58. The third kappa shape index (κ3) is 1.55. The fourth-order valence-electron chi connectivity index (χ4n) is 1.91. The smallest absolute Gasteiger partial charge is 0.139 e. The van der Waals surface area contributed by atoms with Gasteiger partial charge >= 0.3 is 0 Å². The first-order valence-corrected chi connectivity index (χ1v) is 4.48. The number of aliphatic imine (C=N–C) groups is 1. The predicted molar refractivity (Wildman–Crippen MR) is 45.3 cm³/mol. The molecule has 2 radical (unpaired) electrons. The van der Waals surface area contributed by atoms with Crippen LogP contribution in [0.3, 0.4) is 0 Å². The second-order valence-electron chi connectivity index (χ2n) is 3.37. The quantitative estimate of drug-likeness (QED) is 0.555. The van der Waals surface area contributed by atoms with Gasteiger partial charge in [0, 0.05) is 12.6 Å². The van der Waals surface area contributed by atoms with Gasteiger partial charge in [0.15, 0.2) is 0 Å². The van der Waals surface area contributed by atoms with E-state index < -0.39 is 0 Å². The summed E-state index contributed by atoms with van der Waals surface area (Å²) in [6, 6.07) is 0.766. The molecular formula is C9H14N2. The zero-order valence-corrected chi connectivity index (χ0v) is 6.79. The lowest BCUT2D eigenvalue weighted by molar-refractivity contribution is 0.270. The highest BCUT2D eigenvalue weighted by Crippen LogP contribution is 2.22. The molecule has 0 amide bonds. The molecule has 1 aliphatic carbocycles. The summed E-state index contributed by atoms with van der Waals surface area (Å²) in [5, 5.41) is 0. The molecule has 0 spiro atoms. The Morgan fingerprint density at radius 1 is 1.27 bits per heavy atom. The van der Waals surface area contributed by atoms with E-state index in [1.165, 1.54) is 32.1 Å². The molecule has 2 nitrogen and oxygen atoms in total. The predicted octanol–water partition coefficient (Wildman–Crippen LogP) is 1.70. The summed E-state index contributed by atoms with van der Waals surface area (Å²) >= 11 is 0. The van der Waals surface area contributed by atoms with E-state index in [0.29, 0.717) is 0 Å². The van der Waals surface area contributed by atoms with Crippen molar-refractivity contribution in [3.63, 3.8) is 0 Å². The minimum Gasteiger partial charge on any atom is -0.357 e. The largest absolute Gasteiger partial charge is 0.357 e. The van der Waals surface area contributed by atoms with Crippen LogP contribution in [0.4, 0.5) is 0 Å². The number of hydrogen-bond donors (Lipinski definition) is 0. The van der Waals surface area contributed by atoms with Crippen molar-refractivity contribution >= 4 is 6.34 Å². The van der Waals surface area contributed by atoms with Crippen LogP contribution in [0, 0.1) is 6.54 Å². The van der Waals surface area contributed by atoms with Crippen molar-refractivity contribution < 1.29 is 0 Å². The van der Waals surface area contributed by atoms with Crippen LogP contribution in [0.5, 0.6) is 0 Å². The van der Waals surface area contributed by atoms with Crippen LogP contribution in [0.1, 0.15) is 32.1 Å². The van der Waals surface area contributed by atoms with Gasteiger partial charge in [-0.05, 0) is 12.8 Å². The third-order valence-corrected chi connectivity index (χ3v) is 2.59. The summed E-state index contributed by atoms with van der Waals surface area (Å²) in [6.45, 7) is 3.89. The summed E-state index contributed by atoms with van der Waals surface area (Å²) in [5.41, 5.74) is 0. The van der Waals surface area contributed by atoms with Crippen molar-refractivity contribution in [2.45, 2.75) is 38.1 Å². The Kier molecular flexibility index (Phi) is 2.11. The Bertz CT molecular complexity index is 148. The molecule has 1 fully saturated rings. The van der Waals surface area contributed by atoms with Crippen molar-refractivity contribution in [3.8, 4) is 0 Å². The molecule has 0 atom stereocenters. The van der Waals surface area contributed by atoms with E-state index in [4.69, 9.17) is 0 Å². The summed E-state index contributed by atoms with van der Waals surface area (Å²) in [6.07, 6.45) is 8.87. The van der Waals surface area contributed by atoms with E-state index in [-0.39, 0.29) is 0 Å². The van der Waals surface area contributed by atoms with Gasteiger partial charge in [0.25, 0.3) is 0 Å². The molecule has 0 aromatic carbocycles. The Hall–Kier alpha value is -0.530. The summed E-state index contributed by atoms with van der Waals surface area (Å²) in [5.74, 6) is 0. The lowest BCUT2D eigenvalue weighted by atomic mass is 9.95. The molecule has 0 N–H and O–H groups in total. The Morgan fingerprint density at radius 2 is 2.09 bits per heavy atom. The van der Waals surface area contributed by atoms with Crippen LogP contribution in [0.15, 0.2) is 4.99 Å². The van der Waals surface area contributed by atoms with Gasteiger partial charge in [0.1, 0.15) is 6.54 Å². The Labute approximate surface area is 68.3 Å². The first-order chi connectivity index (χ1) is 5.47. The lowest BCUT2D eigenvalue weighted by Crippen LogP contribution is -2.33. The maximum atomic E-state index is 3.99. The molecule has 0 bridgehead atoms. The van der Waals surface area contributed by atoms with Gasteiger partial charge in [-0.2, -0.15) is 0 Å². The summed E-state index contributed by atoms with van der Waals surface area (Å²) < 4.78 is 0. The number of rotatable bonds is 1. The van der Waals surface area contributed by atoms with Crippen molar-refractivity contribution in [2.75, 3.05) is 6.54 Å². The fraction of sp³-hybridized carbons (Fsp3) is 0.778. The van der Waals surface area contributed by atoms with Crippen LogP contribution in [-0.4, -0.2) is 23.8 Å². The second kappa shape index (κ2) is 3.24. The monoisotopic (exact) mass is 150 g/mol. The average molecular weight is 150 g/mol. The number of hydrogen-bond acceptors (Lipinski definition) is 2. The maximum absolute atomic E-state index is 3.99. The molecule has 1 saturated carbocycles. The normalized spacial score (nSPS) is 26.4. The summed E-state index contributed by atoms with van der Waals surface area (Å²) in [4.78, 5) is 6.31. The van der Waals surface area contributed by atoms with E-state index in [1.807, 2.05) is 6.34 Å². The molecule has 60 valence electrons. The van der Waals surface area contributed by atoms with Gasteiger partial charge in [-0.1, -0.05) is 19.3 Å². The summed E-state index contributed by atoms with van der Waals surface area (Å²) in [7, 11) is 0. The molecule has 2 rings (SSSR count). The van der Waals surface area contributed by atoms with E-state index in [9.17, 15) is 0 Å². The van der Waals surface area contributed by atoms with Gasteiger partial charge < -0.3 is 4.90 Å². The molecule has 0 aromatic rings. The van der Waals surface area contributed by atoms with Crippen molar-refractivity contribution in [3.05, 3.63) is 6.54 Å². The van der Waals surface area contributed by atoms with Crippen molar-refractivity contribution in [1.29, 1.82) is 0 Å². The minimum absolute atomic E-state index is 0.766. The van der Waals surface area contributed by atoms with Crippen molar-refractivity contribution in [2.24, 2.45) is 4.99 Å². The molecule has 2 aliphatic rings. The molecule has 2 heteroatoms. The van der Waals surface area contributed by atoms with E-state index in [1.54, 1.807) is 0 Å². The van der Waals surface area contributed by atoms with Gasteiger partial charge in [0.2, 0.25) is 0 Å². The van der Waals surface area contributed by atoms with E-state index in [0.717, 1.165) is 12.6 Å². The fourth-order valence-corrected chi connectivity index (χ4v) is 1.91.